The van der Waals surface area contributed by atoms with Crippen LogP contribution in [-0.4, -0.2) is 11.9 Å². The van der Waals surface area contributed by atoms with E-state index in [1.807, 2.05) is 0 Å². The van der Waals surface area contributed by atoms with Crippen LogP contribution in [0.15, 0.2) is 30.4 Å². The topological polar surface area (TPSA) is 55.1 Å². The second-order valence-corrected chi connectivity index (χ2v) is 3.98. The average Bonchev–Trinajstić information content (AvgIpc) is 2.72. The van der Waals surface area contributed by atoms with Gasteiger partial charge in [0, 0.05) is 6.04 Å². The highest BCUT2D eigenvalue weighted by atomic mass is 19.2. The Hall–Kier alpha value is -1.75. The van der Waals surface area contributed by atoms with Crippen LogP contribution in [0.5, 0.6) is 0 Å². The molecule has 17 heavy (non-hydrogen) atoms. The number of carbonyl (C=O) groups is 1. The predicted molar refractivity (Wildman–Crippen MR) is 60.2 cm³/mol. The van der Waals surface area contributed by atoms with E-state index in [-0.39, 0.29) is 23.6 Å². The monoisotopic (exact) mass is 238 g/mol. The molecule has 5 heteroatoms. The van der Waals surface area contributed by atoms with E-state index < -0.39 is 11.6 Å². The van der Waals surface area contributed by atoms with E-state index in [0.29, 0.717) is 6.42 Å². The van der Waals surface area contributed by atoms with Crippen molar-refractivity contribution in [2.45, 2.75) is 12.5 Å². The summed E-state index contributed by atoms with van der Waals surface area (Å²) in [6, 6.07) is 3.50. The van der Waals surface area contributed by atoms with Gasteiger partial charge >= 0.3 is 0 Å². The van der Waals surface area contributed by atoms with Crippen LogP contribution in [0.4, 0.5) is 14.5 Å². The molecule has 2 atom stereocenters. The minimum Gasteiger partial charge on any atom is -0.324 e. The molecule has 1 aromatic rings. The van der Waals surface area contributed by atoms with Gasteiger partial charge in [-0.3, -0.25) is 4.79 Å². The molecule has 0 fully saturated rings. The van der Waals surface area contributed by atoms with Crippen LogP contribution < -0.4 is 11.1 Å². The fourth-order valence-electron chi connectivity index (χ4n) is 1.75. The number of anilines is 1. The molecule has 2 unspecified atom stereocenters. The van der Waals surface area contributed by atoms with Gasteiger partial charge in [0.15, 0.2) is 11.6 Å². The van der Waals surface area contributed by atoms with Gasteiger partial charge in [-0.25, -0.2) is 8.78 Å². The van der Waals surface area contributed by atoms with Crippen molar-refractivity contribution in [3.63, 3.8) is 0 Å². The van der Waals surface area contributed by atoms with E-state index >= 15 is 0 Å². The number of benzene rings is 1. The molecule has 1 aromatic carbocycles. The normalized spacial score (nSPS) is 22.8. The molecule has 1 amide bonds. The first-order chi connectivity index (χ1) is 8.08. The Morgan fingerprint density at radius 1 is 1.35 bits per heavy atom. The Labute approximate surface area is 97.3 Å². The highest BCUT2D eigenvalue weighted by Crippen LogP contribution is 2.21. The molecule has 0 saturated carbocycles. The first-order valence-electron chi connectivity index (χ1n) is 5.26. The minimum absolute atomic E-state index is 0.149. The van der Waals surface area contributed by atoms with Crippen molar-refractivity contribution in [1.29, 1.82) is 0 Å². The molecule has 0 aliphatic heterocycles. The lowest BCUT2D eigenvalue weighted by molar-refractivity contribution is -0.118. The molecular formula is C12H12F2N2O. The lowest BCUT2D eigenvalue weighted by Gasteiger charge is -2.11. The first-order valence-corrected chi connectivity index (χ1v) is 5.26. The average molecular weight is 238 g/mol. The van der Waals surface area contributed by atoms with Crippen LogP contribution in [-0.2, 0) is 4.79 Å². The fourth-order valence-corrected chi connectivity index (χ4v) is 1.75. The summed E-state index contributed by atoms with van der Waals surface area (Å²) in [4.78, 5) is 11.7. The smallest absolute Gasteiger partial charge is 0.231 e. The molecule has 0 heterocycles. The number of rotatable bonds is 2. The minimum atomic E-state index is -1.05. The van der Waals surface area contributed by atoms with E-state index in [2.05, 4.69) is 5.32 Å². The van der Waals surface area contributed by atoms with Crippen molar-refractivity contribution < 1.29 is 13.6 Å². The van der Waals surface area contributed by atoms with Crippen molar-refractivity contribution in [3.05, 3.63) is 42.0 Å². The van der Waals surface area contributed by atoms with E-state index in [4.69, 9.17) is 5.73 Å². The van der Waals surface area contributed by atoms with Crippen LogP contribution in [0.1, 0.15) is 6.42 Å². The number of carbonyl (C=O) groups excluding carboxylic acids is 1. The zero-order chi connectivity index (χ0) is 12.4. The van der Waals surface area contributed by atoms with E-state index in [1.54, 1.807) is 12.2 Å². The summed E-state index contributed by atoms with van der Waals surface area (Å²) in [5.41, 5.74) is 5.46. The molecule has 90 valence electrons. The van der Waals surface area contributed by atoms with Crippen LogP contribution in [0.3, 0.4) is 0 Å². The van der Waals surface area contributed by atoms with Crippen LogP contribution >= 0.6 is 0 Å². The third-order valence-electron chi connectivity index (χ3n) is 2.66. The van der Waals surface area contributed by atoms with E-state index in [9.17, 15) is 13.6 Å². The number of amides is 1. The quantitative estimate of drug-likeness (QED) is 0.772. The van der Waals surface area contributed by atoms with E-state index in [0.717, 1.165) is 6.07 Å². The highest BCUT2D eigenvalue weighted by Gasteiger charge is 2.23. The molecule has 3 nitrogen and oxygen atoms in total. The van der Waals surface area contributed by atoms with Crippen molar-refractivity contribution in [2.75, 3.05) is 5.32 Å². The summed E-state index contributed by atoms with van der Waals surface area (Å²) in [5, 5.41) is 2.35. The summed E-state index contributed by atoms with van der Waals surface area (Å²) >= 11 is 0. The van der Waals surface area contributed by atoms with Gasteiger partial charge in [0.2, 0.25) is 5.91 Å². The maximum absolute atomic E-state index is 13.3. The zero-order valence-electron chi connectivity index (χ0n) is 8.99. The lowest BCUT2D eigenvalue weighted by Crippen LogP contribution is -2.24. The van der Waals surface area contributed by atoms with Crippen molar-refractivity contribution >= 4 is 11.6 Å². The molecule has 1 aliphatic rings. The standard InChI is InChI=1S/C12H12F2N2O/c13-9-2-1-3-10(11(9)14)16-12(17)7-4-5-8(15)6-7/h1-5,7-8H,6,15H2,(H,16,17). The number of hydrogen-bond donors (Lipinski definition) is 2. The van der Waals surface area contributed by atoms with Crippen molar-refractivity contribution in [1.82, 2.24) is 0 Å². The third-order valence-corrected chi connectivity index (χ3v) is 2.66. The Morgan fingerprint density at radius 2 is 2.12 bits per heavy atom. The molecular weight excluding hydrogens is 226 g/mol. The Balaban J connectivity index is 2.09. The number of hydrogen-bond acceptors (Lipinski definition) is 2. The maximum Gasteiger partial charge on any atom is 0.231 e. The second kappa shape index (κ2) is 4.63. The van der Waals surface area contributed by atoms with Crippen LogP contribution in [0.2, 0.25) is 0 Å². The molecule has 0 bridgehead atoms. The molecule has 0 aromatic heterocycles. The highest BCUT2D eigenvalue weighted by molar-refractivity contribution is 5.94. The molecule has 2 rings (SSSR count). The number of nitrogens with two attached hydrogens (primary N) is 1. The van der Waals surface area contributed by atoms with Gasteiger partial charge in [-0.15, -0.1) is 0 Å². The molecule has 1 aliphatic carbocycles. The van der Waals surface area contributed by atoms with Crippen molar-refractivity contribution in [3.8, 4) is 0 Å². The predicted octanol–water partition coefficient (Wildman–Crippen LogP) is 1.81. The largest absolute Gasteiger partial charge is 0.324 e. The second-order valence-electron chi connectivity index (χ2n) is 3.98. The summed E-state index contributed by atoms with van der Waals surface area (Å²) in [6.07, 6.45) is 3.89. The van der Waals surface area contributed by atoms with Crippen molar-refractivity contribution in [2.24, 2.45) is 11.7 Å². The summed E-state index contributed by atoms with van der Waals surface area (Å²) in [5.74, 6) is -2.79. The maximum atomic E-state index is 13.3. The van der Waals surface area contributed by atoms with Crippen LogP contribution in [0.25, 0.3) is 0 Å². The Morgan fingerprint density at radius 3 is 2.76 bits per heavy atom. The van der Waals surface area contributed by atoms with Gasteiger partial charge in [0.05, 0.1) is 11.6 Å². The number of nitrogens with one attached hydrogen (secondary N) is 1. The summed E-state index contributed by atoms with van der Waals surface area (Å²) in [6.45, 7) is 0. The number of halogens is 2. The molecule has 3 N–H and O–H groups in total. The van der Waals surface area contributed by atoms with Gasteiger partial charge in [0.25, 0.3) is 0 Å². The SMILES string of the molecule is NC1C=CC(C(=O)Nc2cccc(F)c2F)C1. The summed E-state index contributed by atoms with van der Waals surface area (Å²) in [7, 11) is 0. The van der Waals surface area contributed by atoms with E-state index in [1.165, 1.54) is 12.1 Å². The van der Waals surface area contributed by atoms with Crippen LogP contribution in [0, 0.1) is 17.6 Å². The van der Waals surface area contributed by atoms with Gasteiger partial charge in [-0.1, -0.05) is 18.2 Å². The Bertz CT molecular complexity index is 474. The fraction of sp³-hybridized carbons (Fsp3) is 0.250. The van der Waals surface area contributed by atoms with Gasteiger partial charge < -0.3 is 11.1 Å². The molecule has 0 saturated heterocycles. The lowest BCUT2D eigenvalue weighted by atomic mass is 10.1. The third kappa shape index (κ3) is 2.50. The zero-order valence-corrected chi connectivity index (χ0v) is 8.99. The molecule has 0 radical (unpaired) electrons. The van der Waals surface area contributed by atoms with Gasteiger partial charge in [-0.05, 0) is 18.6 Å². The first kappa shape index (κ1) is 11.7. The Kier molecular flexibility index (Phi) is 3.19. The van der Waals surface area contributed by atoms with Gasteiger partial charge in [0.1, 0.15) is 0 Å². The van der Waals surface area contributed by atoms with Gasteiger partial charge in [-0.2, -0.15) is 0 Å². The molecule has 0 spiro atoms. The summed E-state index contributed by atoms with van der Waals surface area (Å²) < 4.78 is 26.2.